The normalized spacial score (nSPS) is 14.6. The van der Waals surface area contributed by atoms with Crippen molar-refractivity contribution in [2.45, 2.75) is 19.4 Å². The number of hydrogen-bond donors (Lipinski definition) is 4. The lowest BCUT2D eigenvalue weighted by Gasteiger charge is -2.07. The predicted molar refractivity (Wildman–Crippen MR) is 29.9 cm³/mol. The Bertz CT molecular complexity index is 48.0. The molecule has 0 saturated carbocycles. The van der Waals surface area contributed by atoms with Gasteiger partial charge in [0.15, 0.2) is 6.29 Å². The molecule has 0 radical (unpaired) electrons. The standard InChI is InChI=1S/C4H12N2O2/c1-3(5)6-2-4(7)8/h3-4,6-8H,2,5H2,1H3. The summed E-state index contributed by atoms with van der Waals surface area (Å²) in [4.78, 5) is 0. The molecule has 8 heavy (non-hydrogen) atoms. The van der Waals surface area contributed by atoms with Crippen LogP contribution in [0, 0.1) is 0 Å². The van der Waals surface area contributed by atoms with E-state index in [1.54, 1.807) is 6.92 Å². The summed E-state index contributed by atoms with van der Waals surface area (Å²) < 4.78 is 0. The molecular formula is C4H12N2O2. The number of hydrogen-bond acceptors (Lipinski definition) is 4. The molecule has 1 atom stereocenters. The van der Waals surface area contributed by atoms with Crippen LogP contribution in [0.4, 0.5) is 0 Å². The summed E-state index contributed by atoms with van der Waals surface area (Å²) >= 11 is 0. The monoisotopic (exact) mass is 120 g/mol. The van der Waals surface area contributed by atoms with E-state index in [1.165, 1.54) is 0 Å². The average Bonchev–Trinajstić information content (AvgIpc) is 1.61. The van der Waals surface area contributed by atoms with Crippen molar-refractivity contribution in [3.05, 3.63) is 0 Å². The summed E-state index contributed by atoms with van der Waals surface area (Å²) in [6, 6.07) is 0. The highest BCUT2D eigenvalue weighted by Crippen LogP contribution is 1.70. The lowest BCUT2D eigenvalue weighted by Crippen LogP contribution is -2.39. The van der Waals surface area contributed by atoms with E-state index < -0.39 is 6.29 Å². The number of aliphatic hydroxyl groups excluding tert-OH is 1. The van der Waals surface area contributed by atoms with E-state index in [2.05, 4.69) is 5.32 Å². The van der Waals surface area contributed by atoms with Crippen molar-refractivity contribution in [2.24, 2.45) is 5.73 Å². The summed E-state index contributed by atoms with van der Waals surface area (Å²) in [5.41, 5.74) is 5.21. The molecule has 0 fully saturated rings. The summed E-state index contributed by atoms with van der Waals surface area (Å²) in [6.45, 7) is 1.85. The molecule has 0 saturated heterocycles. The van der Waals surface area contributed by atoms with Crippen LogP contribution in [-0.4, -0.2) is 29.2 Å². The first kappa shape index (κ1) is 7.84. The fraction of sp³-hybridized carbons (Fsp3) is 1.00. The molecule has 0 spiro atoms. The Balaban J connectivity index is 2.93. The van der Waals surface area contributed by atoms with Crippen LogP contribution in [-0.2, 0) is 0 Å². The van der Waals surface area contributed by atoms with Crippen molar-refractivity contribution in [2.75, 3.05) is 6.54 Å². The van der Waals surface area contributed by atoms with Crippen LogP contribution in [0.25, 0.3) is 0 Å². The third-order valence-corrected chi connectivity index (χ3v) is 0.622. The van der Waals surface area contributed by atoms with Gasteiger partial charge in [-0.2, -0.15) is 0 Å². The van der Waals surface area contributed by atoms with Crippen molar-refractivity contribution in [1.29, 1.82) is 0 Å². The third kappa shape index (κ3) is 5.84. The second kappa shape index (κ2) is 3.80. The van der Waals surface area contributed by atoms with Crippen LogP contribution in [0.3, 0.4) is 0 Å². The van der Waals surface area contributed by atoms with Gasteiger partial charge in [0.1, 0.15) is 0 Å². The minimum absolute atomic E-state index is 0.123. The zero-order valence-electron chi connectivity index (χ0n) is 4.83. The number of nitrogens with one attached hydrogen (secondary N) is 1. The molecule has 0 aliphatic carbocycles. The average molecular weight is 120 g/mol. The van der Waals surface area contributed by atoms with E-state index in [4.69, 9.17) is 15.9 Å². The molecule has 0 aromatic carbocycles. The van der Waals surface area contributed by atoms with Crippen molar-refractivity contribution in [1.82, 2.24) is 5.32 Å². The Morgan fingerprint density at radius 1 is 1.62 bits per heavy atom. The maximum Gasteiger partial charge on any atom is 0.164 e. The van der Waals surface area contributed by atoms with Gasteiger partial charge >= 0.3 is 0 Å². The summed E-state index contributed by atoms with van der Waals surface area (Å²) in [7, 11) is 0. The van der Waals surface area contributed by atoms with Crippen LogP contribution in [0.2, 0.25) is 0 Å². The van der Waals surface area contributed by atoms with Crippen LogP contribution >= 0.6 is 0 Å². The minimum Gasteiger partial charge on any atom is -0.367 e. The van der Waals surface area contributed by atoms with Crippen LogP contribution < -0.4 is 11.1 Å². The molecule has 0 aromatic rings. The Labute approximate surface area is 48.3 Å². The van der Waals surface area contributed by atoms with E-state index in [0.29, 0.717) is 0 Å². The Kier molecular flexibility index (Phi) is 3.72. The molecule has 0 aromatic heterocycles. The molecule has 0 aliphatic rings. The van der Waals surface area contributed by atoms with Gasteiger partial charge < -0.3 is 15.9 Å². The molecule has 50 valence electrons. The number of nitrogens with two attached hydrogens (primary N) is 1. The fourth-order valence-corrected chi connectivity index (χ4v) is 0.291. The van der Waals surface area contributed by atoms with Gasteiger partial charge in [-0.05, 0) is 6.92 Å². The highest BCUT2D eigenvalue weighted by Gasteiger charge is 1.96. The third-order valence-electron chi connectivity index (χ3n) is 0.622. The predicted octanol–water partition coefficient (Wildman–Crippen LogP) is -1.81. The topological polar surface area (TPSA) is 78.5 Å². The molecule has 5 N–H and O–H groups in total. The Hall–Kier alpha value is -0.160. The zero-order chi connectivity index (χ0) is 6.57. The fourth-order valence-electron chi connectivity index (χ4n) is 0.291. The molecule has 0 heterocycles. The molecule has 0 amide bonds. The van der Waals surface area contributed by atoms with Gasteiger partial charge in [-0.15, -0.1) is 0 Å². The van der Waals surface area contributed by atoms with Gasteiger partial charge in [-0.3, -0.25) is 5.32 Å². The maximum absolute atomic E-state index is 8.24. The highest BCUT2D eigenvalue weighted by molar-refractivity contribution is 4.50. The first-order chi connectivity index (χ1) is 3.63. The van der Waals surface area contributed by atoms with E-state index in [0.717, 1.165) is 0 Å². The summed E-state index contributed by atoms with van der Waals surface area (Å²) in [5.74, 6) is 0. The van der Waals surface area contributed by atoms with E-state index in [1.807, 2.05) is 0 Å². The second-order valence-corrected chi connectivity index (χ2v) is 1.68. The van der Waals surface area contributed by atoms with Crippen molar-refractivity contribution in [3.63, 3.8) is 0 Å². The highest BCUT2D eigenvalue weighted by atomic mass is 16.5. The van der Waals surface area contributed by atoms with Crippen LogP contribution in [0.15, 0.2) is 0 Å². The quantitative estimate of drug-likeness (QED) is 0.331. The van der Waals surface area contributed by atoms with Gasteiger partial charge in [-0.25, -0.2) is 0 Å². The molecule has 0 aliphatic heterocycles. The summed E-state index contributed by atoms with van der Waals surface area (Å²) in [6.07, 6.45) is -1.49. The molecule has 4 heteroatoms. The van der Waals surface area contributed by atoms with Crippen molar-refractivity contribution in [3.8, 4) is 0 Å². The molecule has 0 bridgehead atoms. The molecule has 1 unspecified atom stereocenters. The van der Waals surface area contributed by atoms with Crippen molar-refractivity contribution < 1.29 is 10.2 Å². The molecule has 0 rings (SSSR count). The summed E-state index contributed by atoms with van der Waals surface area (Å²) in [5, 5.41) is 19.1. The molecular weight excluding hydrogens is 108 g/mol. The zero-order valence-corrected chi connectivity index (χ0v) is 4.83. The second-order valence-electron chi connectivity index (χ2n) is 1.68. The maximum atomic E-state index is 8.24. The van der Waals surface area contributed by atoms with Crippen LogP contribution in [0.1, 0.15) is 6.92 Å². The molecule has 4 nitrogen and oxygen atoms in total. The largest absolute Gasteiger partial charge is 0.367 e. The van der Waals surface area contributed by atoms with Gasteiger partial charge in [0, 0.05) is 6.54 Å². The first-order valence-electron chi connectivity index (χ1n) is 2.48. The van der Waals surface area contributed by atoms with Crippen molar-refractivity contribution >= 4 is 0 Å². The van der Waals surface area contributed by atoms with E-state index in [-0.39, 0.29) is 12.7 Å². The Morgan fingerprint density at radius 2 is 2.12 bits per heavy atom. The van der Waals surface area contributed by atoms with Crippen LogP contribution in [0.5, 0.6) is 0 Å². The Morgan fingerprint density at radius 3 is 2.25 bits per heavy atom. The lowest BCUT2D eigenvalue weighted by atomic mass is 10.5. The van der Waals surface area contributed by atoms with Gasteiger partial charge in [0.05, 0.1) is 6.17 Å². The van der Waals surface area contributed by atoms with E-state index >= 15 is 0 Å². The van der Waals surface area contributed by atoms with E-state index in [9.17, 15) is 0 Å². The lowest BCUT2D eigenvalue weighted by molar-refractivity contribution is -0.0384. The minimum atomic E-state index is -1.30. The van der Waals surface area contributed by atoms with Gasteiger partial charge in [-0.1, -0.05) is 0 Å². The smallest absolute Gasteiger partial charge is 0.164 e. The van der Waals surface area contributed by atoms with Gasteiger partial charge in [0.25, 0.3) is 0 Å². The van der Waals surface area contributed by atoms with Gasteiger partial charge in [0.2, 0.25) is 0 Å². The number of rotatable bonds is 3. The first-order valence-corrected chi connectivity index (χ1v) is 2.48. The number of aliphatic hydroxyl groups is 2. The SMILES string of the molecule is CC(N)NCC(O)O.